The summed E-state index contributed by atoms with van der Waals surface area (Å²) in [7, 11) is -3.82. The van der Waals surface area contributed by atoms with Crippen LogP contribution >= 0.6 is 0 Å². The summed E-state index contributed by atoms with van der Waals surface area (Å²) in [6.07, 6.45) is 1.73. The predicted octanol–water partition coefficient (Wildman–Crippen LogP) is 3.38. The van der Waals surface area contributed by atoms with Gasteiger partial charge in [-0.25, -0.2) is 18.4 Å². The number of nitrogens with zero attached hydrogens (tertiary/aromatic N) is 2. The molecular formula is C22H25N3O4S. The lowest BCUT2D eigenvalue weighted by atomic mass is 10.0. The number of primary sulfonamides is 1. The van der Waals surface area contributed by atoms with Gasteiger partial charge < -0.3 is 4.74 Å². The zero-order valence-electron chi connectivity index (χ0n) is 17.0. The van der Waals surface area contributed by atoms with Crippen LogP contribution in [-0.4, -0.2) is 30.8 Å². The van der Waals surface area contributed by atoms with E-state index in [1.807, 2.05) is 28.9 Å². The fourth-order valence-corrected chi connectivity index (χ4v) is 4.03. The summed E-state index contributed by atoms with van der Waals surface area (Å²) in [6, 6.07) is 16.0. The van der Waals surface area contributed by atoms with E-state index in [0.717, 1.165) is 29.7 Å². The number of ether oxygens (including phenoxy) is 1. The molecule has 158 valence electrons. The van der Waals surface area contributed by atoms with Crippen LogP contribution in [0.1, 0.15) is 42.0 Å². The van der Waals surface area contributed by atoms with Crippen molar-refractivity contribution in [1.29, 1.82) is 0 Å². The molecule has 0 aliphatic carbocycles. The lowest BCUT2D eigenvalue weighted by Crippen LogP contribution is -2.13. The summed E-state index contributed by atoms with van der Waals surface area (Å²) in [5.41, 5.74) is 3.55. The number of carbonyl (C=O) groups is 1. The van der Waals surface area contributed by atoms with Crippen molar-refractivity contribution in [2.45, 2.75) is 38.1 Å². The molecule has 3 rings (SSSR count). The molecule has 0 bridgehead atoms. The van der Waals surface area contributed by atoms with Gasteiger partial charge in [0.1, 0.15) is 0 Å². The Balaban J connectivity index is 1.88. The van der Waals surface area contributed by atoms with E-state index in [2.05, 4.69) is 12.0 Å². The zero-order valence-corrected chi connectivity index (χ0v) is 17.9. The molecule has 0 spiro atoms. The highest BCUT2D eigenvalue weighted by molar-refractivity contribution is 7.89. The molecule has 0 unspecified atom stereocenters. The maximum Gasteiger partial charge on any atom is 0.358 e. The van der Waals surface area contributed by atoms with E-state index < -0.39 is 16.0 Å². The van der Waals surface area contributed by atoms with E-state index in [0.29, 0.717) is 24.4 Å². The van der Waals surface area contributed by atoms with Gasteiger partial charge in [0.15, 0.2) is 5.69 Å². The second-order valence-electron chi connectivity index (χ2n) is 6.89. The number of hydrogen-bond acceptors (Lipinski definition) is 5. The number of carbonyl (C=O) groups excluding carboxylic acids is 1. The van der Waals surface area contributed by atoms with E-state index in [1.165, 1.54) is 6.07 Å². The SMILES string of the molecule is CCCc1cc(C(=O)OCC)nn1Cc1ccc(-c2ccccc2S(N)(=O)=O)cc1. The van der Waals surface area contributed by atoms with Crippen molar-refractivity contribution < 1.29 is 17.9 Å². The van der Waals surface area contributed by atoms with Gasteiger partial charge in [-0.2, -0.15) is 5.10 Å². The second-order valence-corrected chi connectivity index (χ2v) is 8.42. The third-order valence-electron chi connectivity index (χ3n) is 4.64. The molecule has 0 aliphatic rings. The fraction of sp³-hybridized carbons (Fsp3) is 0.273. The highest BCUT2D eigenvalue weighted by atomic mass is 32.2. The number of nitrogens with two attached hydrogens (primary N) is 1. The molecule has 0 saturated heterocycles. The summed E-state index contributed by atoms with van der Waals surface area (Å²) < 4.78 is 30.6. The molecule has 0 radical (unpaired) electrons. The van der Waals surface area contributed by atoms with Gasteiger partial charge in [-0.1, -0.05) is 55.8 Å². The Morgan fingerprint density at radius 1 is 1.10 bits per heavy atom. The fourth-order valence-electron chi connectivity index (χ4n) is 3.27. The summed E-state index contributed by atoms with van der Waals surface area (Å²) in [5.74, 6) is -0.427. The number of benzene rings is 2. The summed E-state index contributed by atoms with van der Waals surface area (Å²) >= 11 is 0. The zero-order chi connectivity index (χ0) is 21.7. The van der Waals surface area contributed by atoms with Crippen LogP contribution in [0.5, 0.6) is 0 Å². The summed E-state index contributed by atoms with van der Waals surface area (Å²) in [6.45, 7) is 4.62. The second kappa shape index (κ2) is 9.23. The van der Waals surface area contributed by atoms with Crippen molar-refractivity contribution in [1.82, 2.24) is 9.78 Å². The first-order valence-electron chi connectivity index (χ1n) is 9.78. The van der Waals surface area contributed by atoms with E-state index in [9.17, 15) is 13.2 Å². The molecule has 0 saturated carbocycles. The van der Waals surface area contributed by atoms with Crippen LogP contribution in [0.3, 0.4) is 0 Å². The van der Waals surface area contributed by atoms with Gasteiger partial charge >= 0.3 is 5.97 Å². The minimum Gasteiger partial charge on any atom is -0.461 e. The number of hydrogen-bond donors (Lipinski definition) is 1. The van der Waals surface area contributed by atoms with Gasteiger partial charge in [-0.15, -0.1) is 0 Å². The molecule has 0 amide bonds. The molecule has 7 nitrogen and oxygen atoms in total. The molecule has 2 N–H and O–H groups in total. The van der Waals surface area contributed by atoms with Crippen LogP contribution < -0.4 is 5.14 Å². The van der Waals surface area contributed by atoms with Crippen LogP contribution in [0.25, 0.3) is 11.1 Å². The molecule has 0 atom stereocenters. The Morgan fingerprint density at radius 2 is 1.80 bits per heavy atom. The average molecular weight is 428 g/mol. The van der Waals surface area contributed by atoms with E-state index >= 15 is 0 Å². The molecule has 3 aromatic rings. The molecule has 0 fully saturated rings. The lowest BCUT2D eigenvalue weighted by molar-refractivity contribution is 0.0518. The van der Waals surface area contributed by atoms with Crippen molar-refractivity contribution in [2.24, 2.45) is 5.14 Å². The maximum atomic E-state index is 12.0. The minimum atomic E-state index is -3.82. The maximum absolute atomic E-state index is 12.0. The van der Waals surface area contributed by atoms with Gasteiger partial charge in [-0.05, 0) is 36.6 Å². The van der Waals surface area contributed by atoms with Crippen molar-refractivity contribution in [2.75, 3.05) is 6.61 Å². The largest absolute Gasteiger partial charge is 0.461 e. The van der Waals surface area contributed by atoms with Gasteiger partial charge in [0.2, 0.25) is 10.0 Å². The molecule has 2 aromatic carbocycles. The van der Waals surface area contributed by atoms with Gasteiger partial charge in [0.25, 0.3) is 0 Å². The first kappa shape index (κ1) is 21.7. The highest BCUT2D eigenvalue weighted by Gasteiger charge is 2.16. The van der Waals surface area contributed by atoms with Gasteiger partial charge in [0.05, 0.1) is 18.0 Å². The Morgan fingerprint density at radius 3 is 2.43 bits per heavy atom. The van der Waals surface area contributed by atoms with Crippen LogP contribution in [-0.2, 0) is 27.7 Å². The minimum absolute atomic E-state index is 0.0918. The van der Waals surface area contributed by atoms with Gasteiger partial charge in [0, 0.05) is 11.3 Å². The molecule has 1 aromatic heterocycles. The summed E-state index contributed by atoms with van der Waals surface area (Å²) in [5, 5.41) is 9.76. The quantitative estimate of drug-likeness (QED) is 0.555. The Bertz CT molecular complexity index is 1140. The Labute approximate surface area is 176 Å². The van der Waals surface area contributed by atoms with E-state index in [4.69, 9.17) is 9.88 Å². The number of aryl methyl sites for hydroxylation is 1. The van der Waals surface area contributed by atoms with Crippen LogP contribution in [0.15, 0.2) is 59.5 Å². The molecule has 1 heterocycles. The standard InChI is InChI=1S/C22H25N3O4S/c1-3-7-18-14-20(22(26)29-4-2)24-25(18)15-16-10-12-17(13-11-16)19-8-5-6-9-21(19)30(23,27)28/h5-6,8-14H,3-4,7,15H2,1-2H3,(H2,23,27,28). The van der Waals surface area contributed by atoms with Crippen LogP contribution in [0.2, 0.25) is 0 Å². The normalized spacial score (nSPS) is 11.4. The van der Waals surface area contributed by atoms with E-state index in [-0.39, 0.29) is 4.90 Å². The van der Waals surface area contributed by atoms with E-state index in [1.54, 1.807) is 31.2 Å². The molecule has 0 aliphatic heterocycles. The average Bonchev–Trinajstić information content (AvgIpc) is 3.11. The summed E-state index contributed by atoms with van der Waals surface area (Å²) in [4.78, 5) is 12.1. The monoisotopic (exact) mass is 427 g/mol. The third-order valence-corrected chi connectivity index (χ3v) is 5.61. The molecular weight excluding hydrogens is 402 g/mol. The van der Waals surface area contributed by atoms with Crippen molar-refractivity contribution >= 4 is 16.0 Å². The van der Waals surface area contributed by atoms with Crippen molar-refractivity contribution in [3.63, 3.8) is 0 Å². The van der Waals surface area contributed by atoms with Crippen LogP contribution in [0.4, 0.5) is 0 Å². The number of sulfonamides is 1. The number of rotatable bonds is 8. The topological polar surface area (TPSA) is 104 Å². The van der Waals surface area contributed by atoms with Crippen molar-refractivity contribution in [3.8, 4) is 11.1 Å². The lowest BCUT2D eigenvalue weighted by Gasteiger charge is -2.10. The predicted molar refractivity (Wildman–Crippen MR) is 115 cm³/mol. The first-order chi connectivity index (χ1) is 14.3. The Hall–Kier alpha value is -2.97. The molecule has 8 heteroatoms. The number of esters is 1. The van der Waals surface area contributed by atoms with Gasteiger partial charge in [-0.3, -0.25) is 4.68 Å². The first-order valence-corrected chi connectivity index (χ1v) is 11.3. The van der Waals surface area contributed by atoms with Crippen molar-refractivity contribution in [3.05, 3.63) is 71.5 Å². The smallest absolute Gasteiger partial charge is 0.358 e. The number of aromatic nitrogens is 2. The third kappa shape index (κ3) is 4.95. The van der Waals surface area contributed by atoms with Crippen LogP contribution in [0, 0.1) is 0 Å². The Kier molecular flexibility index (Phi) is 6.69. The molecule has 30 heavy (non-hydrogen) atoms. The highest BCUT2D eigenvalue weighted by Crippen LogP contribution is 2.27.